The van der Waals surface area contributed by atoms with E-state index in [0.29, 0.717) is 24.9 Å². The first kappa shape index (κ1) is 16.4. The van der Waals surface area contributed by atoms with Crippen LogP contribution >= 0.6 is 0 Å². The van der Waals surface area contributed by atoms with Gasteiger partial charge in [0.2, 0.25) is 5.91 Å². The minimum atomic E-state index is 0.296. The highest BCUT2D eigenvalue weighted by Gasteiger charge is 2.18. The van der Waals surface area contributed by atoms with E-state index < -0.39 is 0 Å². The number of amides is 1. The van der Waals surface area contributed by atoms with Crippen LogP contribution in [0.15, 0.2) is 0 Å². The van der Waals surface area contributed by atoms with Crippen molar-refractivity contribution in [3.8, 4) is 0 Å². The minimum absolute atomic E-state index is 0.296. The Hall–Kier alpha value is -0.610. The summed E-state index contributed by atoms with van der Waals surface area (Å²) in [6.45, 7) is 8.72. The fourth-order valence-corrected chi connectivity index (χ4v) is 2.62. The molecular formula is C15H30N2O2. The van der Waals surface area contributed by atoms with Crippen molar-refractivity contribution in [2.75, 3.05) is 39.9 Å². The Morgan fingerprint density at radius 2 is 2.05 bits per heavy atom. The van der Waals surface area contributed by atoms with Gasteiger partial charge in [-0.3, -0.25) is 4.79 Å². The van der Waals surface area contributed by atoms with Crippen LogP contribution < -0.4 is 5.32 Å². The third kappa shape index (κ3) is 6.92. The molecule has 0 radical (unpaired) electrons. The van der Waals surface area contributed by atoms with Crippen molar-refractivity contribution in [1.29, 1.82) is 0 Å². The summed E-state index contributed by atoms with van der Waals surface area (Å²) in [6.07, 6.45) is 4.17. The van der Waals surface area contributed by atoms with E-state index in [1.54, 1.807) is 7.11 Å². The molecule has 0 atom stereocenters. The van der Waals surface area contributed by atoms with Crippen molar-refractivity contribution in [2.45, 2.75) is 39.5 Å². The molecule has 19 heavy (non-hydrogen) atoms. The molecule has 4 nitrogen and oxygen atoms in total. The molecule has 1 heterocycles. The molecule has 1 rings (SSSR count). The van der Waals surface area contributed by atoms with E-state index in [4.69, 9.17) is 4.74 Å². The molecule has 0 saturated carbocycles. The maximum atomic E-state index is 12.3. The molecule has 1 fully saturated rings. The van der Waals surface area contributed by atoms with Gasteiger partial charge in [-0.25, -0.2) is 0 Å². The standard InChI is InChI=1S/C15H30N2O2/c1-13(2)12-17(10-11-19-3)15(18)5-4-14-6-8-16-9-7-14/h13-14,16H,4-12H2,1-3H3. The first-order valence-corrected chi connectivity index (χ1v) is 7.61. The van der Waals surface area contributed by atoms with Crippen LogP contribution in [-0.4, -0.2) is 50.7 Å². The average molecular weight is 270 g/mol. The maximum absolute atomic E-state index is 12.3. The zero-order valence-corrected chi connectivity index (χ0v) is 12.8. The van der Waals surface area contributed by atoms with Crippen molar-refractivity contribution in [3.05, 3.63) is 0 Å². The first-order valence-electron chi connectivity index (χ1n) is 7.61. The molecule has 4 heteroatoms. The lowest BCUT2D eigenvalue weighted by molar-refractivity contribution is -0.132. The van der Waals surface area contributed by atoms with Gasteiger partial charge in [-0.1, -0.05) is 13.8 Å². The summed E-state index contributed by atoms with van der Waals surface area (Å²) in [7, 11) is 1.69. The summed E-state index contributed by atoms with van der Waals surface area (Å²) in [4.78, 5) is 14.2. The second-order valence-corrected chi connectivity index (χ2v) is 5.96. The molecule has 1 saturated heterocycles. The fourth-order valence-electron chi connectivity index (χ4n) is 2.62. The highest BCUT2D eigenvalue weighted by atomic mass is 16.5. The van der Waals surface area contributed by atoms with Crippen LogP contribution in [0.4, 0.5) is 0 Å². The van der Waals surface area contributed by atoms with Gasteiger partial charge in [0.1, 0.15) is 0 Å². The second-order valence-electron chi connectivity index (χ2n) is 5.96. The third-order valence-electron chi connectivity index (χ3n) is 3.73. The number of piperidine rings is 1. The third-order valence-corrected chi connectivity index (χ3v) is 3.73. The van der Waals surface area contributed by atoms with Gasteiger partial charge in [-0.2, -0.15) is 0 Å². The highest BCUT2D eigenvalue weighted by Crippen LogP contribution is 2.18. The molecular weight excluding hydrogens is 240 g/mol. The number of methoxy groups -OCH3 is 1. The number of nitrogens with zero attached hydrogens (tertiary/aromatic N) is 1. The molecule has 1 aliphatic rings. The number of rotatable bonds is 8. The lowest BCUT2D eigenvalue weighted by Crippen LogP contribution is -2.37. The first-order chi connectivity index (χ1) is 9.13. The van der Waals surface area contributed by atoms with E-state index in [0.717, 1.165) is 38.5 Å². The molecule has 0 unspecified atom stereocenters. The van der Waals surface area contributed by atoms with Crippen molar-refractivity contribution in [1.82, 2.24) is 10.2 Å². The lowest BCUT2D eigenvalue weighted by Gasteiger charge is -2.26. The van der Waals surface area contributed by atoms with Gasteiger partial charge in [0.15, 0.2) is 0 Å². The number of hydrogen-bond acceptors (Lipinski definition) is 3. The second kappa shape index (κ2) is 9.32. The van der Waals surface area contributed by atoms with Gasteiger partial charge in [0.25, 0.3) is 0 Å². The molecule has 1 N–H and O–H groups in total. The molecule has 0 aromatic heterocycles. The molecule has 0 aromatic carbocycles. The van der Waals surface area contributed by atoms with Crippen molar-refractivity contribution >= 4 is 5.91 Å². The van der Waals surface area contributed by atoms with Crippen LogP contribution in [0.2, 0.25) is 0 Å². The van der Waals surface area contributed by atoms with Crippen molar-refractivity contribution in [2.24, 2.45) is 11.8 Å². The number of hydrogen-bond donors (Lipinski definition) is 1. The van der Waals surface area contributed by atoms with Gasteiger partial charge < -0.3 is 15.0 Å². The predicted octanol–water partition coefficient (Wildman–Crippen LogP) is 1.90. The van der Waals surface area contributed by atoms with Gasteiger partial charge in [-0.05, 0) is 44.2 Å². The Labute approximate surface area is 117 Å². The smallest absolute Gasteiger partial charge is 0.222 e. The van der Waals surface area contributed by atoms with Crippen LogP contribution in [0.25, 0.3) is 0 Å². The lowest BCUT2D eigenvalue weighted by atomic mass is 9.93. The van der Waals surface area contributed by atoms with Crippen LogP contribution in [0, 0.1) is 11.8 Å². The molecule has 1 aliphatic heterocycles. The van der Waals surface area contributed by atoms with E-state index in [2.05, 4.69) is 19.2 Å². The van der Waals surface area contributed by atoms with Gasteiger partial charge in [0.05, 0.1) is 6.61 Å². The number of carbonyl (C=O) groups excluding carboxylic acids is 1. The van der Waals surface area contributed by atoms with E-state index in [-0.39, 0.29) is 0 Å². The summed E-state index contributed by atoms with van der Waals surface area (Å²) in [6, 6.07) is 0. The summed E-state index contributed by atoms with van der Waals surface area (Å²) in [5.74, 6) is 1.54. The van der Waals surface area contributed by atoms with Gasteiger partial charge >= 0.3 is 0 Å². The Bertz CT molecular complexity index is 251. The molecule has 0 aromatic rings. The molecule has 1 amide bonds. The van der Waals surface area contributed by atoms with Crippen LogP contribution in [-0.2, 0) is 9.53 Å². The van der Waals surface area contributed by atoms with E-state index in [9.17, 15) is 4.79 Å². The zero-order valence-electron chi connectivity index (χ0n) is 12.8. The summed E-state index contributed by atoms with van der Waals surface area (Å²) < 4.78 is 5.10. The number of nitrogens with one attached hydrogen (secondary N) is 1. The Morgan fingerprint density at radius 1 is 1.37 bits per heavy atom. The van der Waals surface area contributed by atoms with Crippen LogP contribution in [0.5, 0.6) is 0 Å². The summed E-state index contributed by atoms with van der Waals surface area (Å²) in [5.41, 5.74) is 0. The topological polar surface area (TPSA) is 41.6 Å². The van der Waals surface area contributed by atoms with Gasteiger partial charge in [0, 0.05) is 26.6 Å². The van der Waals surface area contributed by atoms with E-state index >= 15 is 0 Å². The van der Waals surface area contributed by atoms with Crippen LogP contribution in [0.1, 0.15) is 39.5 Å². The quantitative estimate of drug-likeness (QED) is 0.732. The Morgan fingerprint density at radius 3 is 2.63 bits per heavy atom. The molecule has 0 spiro atoms. The maximum Gasteiger partial charge on any atom is 0.222 e. The minimum Gasteiger partial charge on any atom is -0.383 e. The molecule has 0 aliphatic carbocycles. The van der Waals surface area contributed by atoms with Gasteiger partial charge in [-0.15, -0.1) is 0 Å². The SMILES string of the molecule is COCCN(CC(C)C)C(=O)CCC1CCNCC1. The predicted molar refractivity (Wildman–Crippen MR) is 78.1 cm³/mol. The summed E-state index contributed by atoms with van der Waals surface area (Å²) >= 11 is 0. The van der Waals surface area contributed by atoms with E-state index in [1.165, 1.54) is 12.8 Å². The van der Waals surface area contributed by atoms with Crippen molar-refractivity contribution in [3.63, 3.8) is 0 Å². The monoisotopic (exact) mass is 270 g/mol. The van der Waals surface area contributed by atoms with E-state index in [1.807, 2.05) is 4.90 Å². The molecule has 0 bridgehead atoms. The summed E-state index contributed by atoms with van der Waals surface area (Å²) in [5, 5.41) is 3.37. The number of carbonyl (C=O) groups is 1. The van der Waals surface area contributed by atoms with Crippen LogP contribution in [0.3, 0.4) is 0 Å². The zero-order chi connectivity index (χ0) is 14.1. The molecule has 112 valence electrons. The average Bonchev–Trinajstić information content (AvgIpc) is 2.41. The highest BCUT2D eigenvalue weighted by molar-refractivity contribution is 5.76. The fraction of sp³-hybridized carbons (Fsp3) is 0.933. The Kier molecular flexibility index (Phi) is 8.07. The Balaban J connectivity index is 2.32. The van der Waals surface area contributed by atoms with Crippen molar-refractivity contribution < 1.29 is 9.53 Å². The normalized spacial score (nSPS) is 16.8. The number of ether oxygens (including phenoxy) is 1. The largest absolute Gasteiger partial charge is 0.383 e.